The Hall–Kier alpha value is -2.50. The maximum Gasteiger partial charge on any atom is 0.190 e. The number of hydrogen-bond donors (Lipinski definition) is 2. The molecule has 0 aliphatic carbocycles. The number of nitrogens with one attached hydrogen (secondary N) is 2. The molecule has 6 heteroatoms. The van der Waals surface area contributed by atoms with Gasteiger partial charge in [0.05, 0.1) is 12.8 Å². The lowest BCUT2D eigenvalue weighted by Crippen LogP contribution is -2.39. The summed E-state index contributed by atoms with van der Waals surface area (Å²) in [4.78, 5) is 4.21. The van der Waals surface area contributed by atoms with Crippen LogP contribution < -0.4 is 15.4 Å². The molecule has 0 saturated carbocycles. The lowest BCUT2D eigenvalue weighted by Gasteiger charge is -2.12. The Kier molecular flexibility index (Phi) is 6.97. The van der Waals surface area contributed by atoms with Crippen LogP contribution >= 0.6 is 0 Å². The summed E-state index contributed by atoms with van der Waals surface area (Å²) >= 11 is 0. The first-order valence-electron chi connectivity index (χ1n) is 7.88. The van der Waals surface area contributed by atoms with Gasteiger partial charge in [-0.3, -0.25) is 9.67 Å². The highest BCUT2D eigenvalue weighted by molar-refractivity contribution is 5.79. The number of guanidine groups is 1. The van der Waals surface area contributed by atoms with Crippen molar-refractivity contribution in [2.24, 2.45) is 12.0 Å². The van der Waals surface area contributed by atoms with Gasteiger partial charge in [-0.25, -0.2) is 0 Å². The third kappa shape index (κ3) is 6.42. The lowest BCUT2D eigenvalue weighted by molar-refractivity contribution is 0.311. The summed E-state index contributed by atoms with van der Waals surface area (Å²) in [5.74, 6) is 1.72. The summed E-state index contributed by atoms with van der Waals surface area (Å²) in [7, 11) is 3.70. The fraction of sp³-hybridized carbons (Fsp3) is 0.412. The zero-order chi connectivity index (χ0) is 16.3. The second-order valence-corrected chi connectivity index (χ2v) is 5.21. The minimum atomic E-state index is 0.684. The molecule has 2 rings (SSSR count). The molecule has 0 aliphatic rings. The van der Waals surface area contributed by atoms with Crippen LogP contribution in [0.25, 0.3) is 0 Å². The quantitative estimate of drug-likeness (QED) is 0.441. The molecule has 0 unspecified atom stereocenters. The molecular weight excluding hydrogens is 290 g/mol. The Labute approximate surface area is 137 Å². The molecule has 0 bridgehead atoms. The second-order valence-electron chi connectivity index (χ2n) is 5.21. The van der Waals surface area contributed by atoms with Crippen LogP contribution in [-0.4, -0.2) is 42.5 Å². The van der Waals surface area contributed by atoms with E-state index in [1.165, 1.54) is 5.56 Å². The highest BCUT2D eigenvalue weighted by atomic mass is 16.5. The van der Waals surface area contributed by atoms with Crippen molar-refractivity contribution in [1.82, 2.24) is 20.4 Å². The van der Waals surface area contributed by atoms with E-state index >= 15 is 0 Å². The van der Waals surface area contributed by atoms with E-state index < -0.39 is 0 Å². The number of benzene rings is 1. The molecule has 0 fully saturated rings. The number of para-hydroxylation sites is 1. The van der Waals surface area contributed by atoms with Crippen molar-refractivity contribution in [3.05, 3.63) is 48.3 Å². The molecule has 23 heavy (non-hydrogen) atoms. The predicted octanol–water partition coefficient (Wildman–Crippen LogP) is 1.60. The van der Waals surface area contributed by atoms with E-state index in [-0.39, 0.29) is 0 Å². The minimum absolute atomic E-state index is 0.684. The molecule has 0 atom stereocenters. The smallest absolute Gasteiger partial charge is 0.190 e. The summed E-state index contributed by atoms with van der Waals surface area (Å²) in [6, 6.07) is 9.86. The molecule has 2 aromatic rings. The summed E-state index contributed by atoms with van der Waals surface area (Å²) in [6.07, 6.45) is 5.75. The highest BCUT2D eigenvalue weighted by Crippen LogP contribution is 2.07. The maximum atomic E-state index is 5.65. The molecule has 2 N–H and O–H groups in total. The molecule has 0 spiro atoms. The topological polar surface area (TPSA) is 63.5 Å². The van der Waals surface area contributed by atoms with Crippen molar-refractivity contribution in [2.45, 2.75) is 12.8 Å². The Morgan fingerprint density at radius 1 is 1.22 bits per heavy atom. The largest absolute Gasteiger partial charge is 0.494 e. The van der Waals surface area contributed by atoms with Crippen LogP contribution in [0.5, 0.6) is 5.75 Å². The summed E-state index contributed by atoms with van der Waals surface area (Å²) < 4.78 is 7.47. The molecule has 0 amide bonds. The van der Waals surface area contributed by atoms with Crippen molar-refractivity contribution >= 4 is 5.96 Å². The van der Waals surface area contributed by atoms with Gasteiger partial charge in [0.1, 0.15) is 5.75 Å². The molecule has 0 saturated heterocycles. The SMILES string of the molecule is CN=C(NCCCOc1ccccc1)NCCc1cnn(C)c1. The molecule has 0 radical (unpaired) electrons. The number of aromatic nitrogens is 2. The van der Waals surface area contributed by atoms with E-state index in [2.05, 4.69) is 20.7 Å². The van der Waals surface area contributed by atoms with E-state index in [1.54, 1.807) is 7.05 Å². The summed E-state index contributed by atoms with van der Waals surface area (Å²) in [5.41, 5.74) is 1.21. The van der Waals surface area contributed by atoms with Crippen LogP contribution in [0.4, 0.5) is 0 Å². The first-order valence-corrected chi connectivity index (χ1v) is 7.88. The van der Waals surface area contributed by atoms with Gasteiger partial charge in [-0.05, 0) is 30.5 Å². The average molecular weight is 315 g/mol. The second kappa shape index (κ2) is 9.50. The fourth-order valence-electron chi connectivity index (χ4n) is 2.13. The van der Waals surface area contributed by atoms with E-state index in [9.17, 15) is 0 Å². The monoisotopic (exact) mass is 315 g/mol. The number of rotatable bonds is 8. The van der Waals surface area contributed by atoms with Crippen molar-refractivity contribution in [3.63, 3.8) is 0 Å². The molecule has 1 heterocycles. The number of hydrogen-bond acceptors (Lipinski definition) is 3. The van der Waals surface area contributed by atoms with Crippen molar-refractivity contribution < 1.29 is 4.74 Å². The van der Waals surface area contributed by atoms with Gasteiger partial charge in [-0.15, -0.1) is 0 Å². The van der Waals surface area contributed by atoms with E-state index in [1.807, 2.05) is 54.5 Å². The maximum absolute atomic E-state index is 5.65. The van der Waals surface area contributed by atoms with Gasteiger partial charge >= 0.3 is 0 Å². The van der Waals surface area contributed by atoms with Gasteiger partial charge in [0.25, 0.3) is 0 Å². The molecule has 1 aromatic carbocycles. The van der Waals surface area contributed by atoms with Crippen LogP contribution in [0.3, 0.4) is 0 Å². The number of ether oxygens (including phenoxy) is 1. The molecule has 1 aromatic heterocycles. The number of aliphatic imine (C=N–C) groups is 1. The minimum Gasteiger partial charge on any atom is -0.494 e. The van der Waals surface area contributed by atoms with Crippen molar-refractivity contribution in [3.8, 4) is 5.75 Å². The standard InChI is InChI=1S/C17H25N5O/c1-18-17(20-11-9-15-13-21-22(2)14-15)19-10-6-12-23-16-7-4-3-5-8-16/h3-5,7-8,13-14H,6,9-12H2,1-2H3,(H2,18,19,20). The fourth-order valence-corrected chi connectivity index (χ4v) is 2.13. The zero-order valence-electron chi connectivity index (χ0n) is 13.8. The average Bonchev–Trinajstić information content (AvgIpc) is 2.99. The highest BCUT2D eigenvalue weighted by Gasteiger charge is 1.99. The van der Waals surface area contributed by atoms with E-state index in [4.69, 9.17) is 4.74 Å². The van der Waals surface area contributed by atoms with E-state index in [0.29, 0.717) is 6.61 Å². The van der Waals surface area contributed by atoms with Crippen LogP contribution in [0.2, 0.25) is 0 Å². The van der Waals surface area contributed by atoms with Gasteiger partial charge < -0.3 is 15.4 Å². The van der Waals surface area contributed by atoms with Gasteiger partial charge in [0.2, 0.25) is 0 Å². The Morgan fingerprint density at radius 2 is 2.00 bits per heavy atom. The third-order valence-electron chi connectivity index (χ3n) is 3.31. The van der Waals surface area contributed by atoms with Crippen LogP contribution in [0.1, 0.15) is 12.0 Å². The third-order valence-corrected chi connectivity index (χ3v) is 3.31. The Morgan fingerprint density at radius 3 is 2.70 bits per heavy atom. The summed E-state index contributed by atoms with van der Waals surface area (Å²) in [6.45, 7) is 2.33. The van der Waals surface area contributed by atoms with Crippen molar-refractivity contribution in [1.29, 1.82) is 0 Å². The zero-order valence-corrected chi connectivity index (χ0v) is 13.8. The first kappa shape index (κ1) is 16.9. The number of aryl methyl sites for hydroxylation is 1. The van der Waals surface area contributed by atoms with E-state index in [0.717, 1.165) is 37.6 Å². The number of nitrogens with zero attached hydrogens (tertiary/aromatic N) is 3. The predicted molar refractivity (Wildman–Crippen MR) is 92.8 cm³/mol. The van der Waals surface area contributed by atoms with Gasteiger partial charge in [0, 0.05) is 33.4 Å². The van der Waals surface area contributed by atoms with Crippen LogP contribution in [0, 0.1) is 0 Å². The van der Waals surface area contributed by atoms with Gasteiger partial charge in [0.15, 0.2) is 5.96 Å². The van der Waals surface area contributed by atoms with Gasteiger partial charge in [-0.2, -0.15) is 5.10 Å². The molecule has 0 aliphatic heterocycles. The van der Waals surface area contributed by atoms with Gasteiger partial charge in [-0.1, -0.05) is 18.2 Å². The lowest BCUT2D eigenvalue weighted by atomic mass is 10.2. The molecule has 6 nitrogen and oxygen atoms in total. The normalized spacial score (nSPS) is 11.3. The van der Waals surface area contributed by atoms with Crippen LogP contribution in [0.15, 0.2) is 47.7 Å². The Balaban J connectivity index is 1.56. The van der Waals surface area contributed by atoms with Crippen LogP contribution in [-0.2, 0) is 13.5 Å². The van der Waals surface area contributed by atoms with Crippen molar-refractivity contribution in [2.75, 3.05) is 26.7 Å². The first-order chi connectivity index (χ1) is 11.3. The summed E-state index contributed by atoms with van der Waals surface area (Å²) in [5, 5.41) is 10.7. The molecule has 124 valence electrons. The molecular formula is C17H25N5O. The Bertz CT molecular complexity index is 594.